The number of rotatable bonds is 5. The van der Waals surface area contributed by atoms with Crippen molar-refractivity contribution in [3.05, 3.63) is 23.0 Å². The Bertz CT molecular complexity index is 361. The molecule has 0 saturated carbocycles. The van der Waals surface area contributed by atoms with Gasteiger partial charge in [0, 0.05) is 24.8 Å². The van der Waals surface area contributed by atoms with Gasteiger partial charge in [-0.15, -0.1) is 0 Å². The highest BCUT2D eigenvalue weighted by molar-refractivity contribution is 5.54. The molecule has 0 aliphatic heterocycles. The molecule has 0 atom stereocenters. The Balaban J connectivity index is 2.50. The molecule has 0 unspecified atom stereocenters. The van der Waals surface area contributed by atoms with Crippen LogP contribution in [0.5, 0.6) is 0 Å². The van der Waals surface area contributed by atoms with Crippen LogP contribution in [0.15, 0.2) is 6.08 Å². The van der Waals surface area contributed by atoms with Crippen LogP contribution in [0, 0.1) is 19.8 Å². The number of aryl methyl sites for hydroxylation is 2. The van der Waals surface area contributed by atoms with Gasteiger partial charge in [-0.3, -0.25) is 4.68 Å². The van der Waals surface area contributed by atoms with Crippen LogP contribution in [-0.2, 0) is 7.05 Å². The largest absolute Gasteiger partial charge is 0.313 e. The van der Waals surface area contributed by atoms with Crippen molar-refractivity contribution in [2.45, 2.75) is 27.7 Å². The fourth-order valence-corrected chi connectivity index (χ4v) is 1.66. The predicted octanol–water partition coefficient (Wildman–Crippen LogP) is 2.30. The predicted molar refractivity (Wildman–Crippen MR) is 69.4 cm³/mol. The molecule has 3 nitrogen and oxygen atoms in total. The molecule has 0 spiro atoms. The van der Waals surface area contributed by atoms with Crippen molar-refractivity contribution < 1.29 is 0 Å². The van der Waals surface area contributed by atoms with Gasteiger partial charge in [0.1, 0.15) is 0 Å². The van der Waals surface area contributed by atoms with Crippen LogP contribution in [0.25, 0.3) is 6.08 Å². The Labute approximate surface area is 98.5 Å². The van der Waals surface area contributed by atoms with E-state index < -0.39 is 0 Å². The Morgan fingerprint density at radius 1 is 1.38 bits per heavy atom. The normalized spacial score (nSPS) is 11.9. The lowest BCUT2D eigenvalue weighted by atomic mass is 10.2. The number of hydrogen-bond acceptors (Lipinski definition) is 2. The highest BCUT2D eigenvalue weighted by Gasteiger charge is 2.04. The third kappa shape index (κ3) is 3.49. The average Bonchev–Trinajstić information content (AvgIpc) is 2.43. The summed E-state index contributed by atoms with van der Waals surface area (Å²) in [4.78, 5) is 0. The molecule has 16 heavy (non-hydrogen) atoms. The van der Waals surface area contributed by atoms with Crippen molar-refractivity contribution in [1.82, 2.24) is 15.1 Å². The molecule has 0 bridgehead atoms. The molecule has 1 heterocycles. The smallest absolute Gasteiger partial charge is 0.0668 e. The average molecular weight is 221 g/mol. The molecule has 1 aromatic heterocycles. The number of nitrogens with zero attached hydrogens (tertiary/aromatic N) is 2. The van der Waals surface area contributed by atoms with Crippen LogP contribution < -0.4 is 5.32 Å². The van der Waals surface area contributed by atoms with Gasteiger partial charge >= 0.3 is 0 Å². The molecule has 1 aromatic rings. The van der Waals surface area contributed by atoms with E-state index in [9.17, 15) is 0 Å². The molecule has 90 valence electrons. The van der Waals surface area contributed by atoms with E-state index in [-0.39, 0.29) is 0 Å². The summed E-state index contributed by atoms with van der Waals surface area (Å²) in [6.45, 7) is 10.6. The van der Waals surface area contributed by atoms with Crippen molar-refractivity contribution >= 4 is 6.08 Å². The first kappa shape index (κ1) is 13.0. The quantitative estimate of drug-likeness (QED) is 0.773. The standard InChI is InChI=1S/C13H23N3/c1-10(2)9-14-8-6-7-13-11(3)15-16(5)12(13)4/h6-7,10,14H,8-9H2,1-5H3. The van der Waals surface area contributed by atoms with Crippen molar-refractivity contribution in [3.63, 3.8) is 0 Å². The fourth-order valence-electron chi connectivity index (χ4n) is 1.66. The van der Waals surface area contributed by atoms with Crippen LogP contribution in [0.3, 0.4) is 0 Å². The van der Waals surface area contributed by atoms with E-state index in [1.165, 1.54) is 11.3 Å². The van der Waals surface area contributed by atoms with Gasteiger partial charge in [-0.25, -0.2) is 0 Å². The van der Waals surface area contributed by atoms with Crippen molar-refractivity contribution in [1.29, 1.82) is 0 Å². The van der Waals surface area contributed by atoms with E-state index in [1.54, 1.807) is 0 Å². The third-order valence-corrected chi connectivity index (χ3v) is 2.66. The van der Waals surface area contributed by atoms with E-state index in [0.29, 0.717) is 5.92 Å². The lowest BCUT2D eigenvalue weighted by Crippen LogP contribution is -2.19. The summed E-state index contributed by atoms with van der Waals surface area (Å²) in [5.41, 5.74) is 3.56. The van der Waals surface area contributed by atoms with Crippen LogP contribution in [0.1, 0.15) is 30.8 Å². The first-order chi connectivity index (χ1) is 7.52. The zero-order valence-corrected chi connectivity index (χ0v) is 11.0. The van der Waals surface area contributed by atoms with Crippen LogP contribution in [0.2, 0.25) is 0 Å². The van der Waals surface area contributed by atoms with Gasteiger partial charge in [0.2, 0.25) is 0 Å². The van der Waals surface area contributed by atoms with Crippen molar-refractivity contribution in [2.24, 2.45) is 13.0 Å². The van der Waals surface area contributed by atoms with Gasteiger partial charge in [0.25, 0.3) is 0 Å². The topological polar surface area (TPSA) is 29.9 Å². The first-order valence-electron chi connectivity index (χ1n) is 5.89. The lowest BCUT2D eigenvalue weighted by molar-refractivity contribution is 0.577. The summed E-state index contributed by atoms with van der Waals surface area (Å²) in [6, 6.07) is 0. The van der Waals surface area contributed by atoms with E-state index >= 15 is 0 Å². The van der Waals surface area contributed by atoms with E-state index in [1.807, 2.05) is 18.7 Å². The molecule has 0 aliphatic carbocycles. The zero-order valence-electron chi connectivity index (χ0n) is 11.0. The lowest BCUT2D eigenvalue weighted by Gasteiger charge is -2.03. The van der Waals surface area contributed by atoms with Gasteiger partial charge in [0.15, 0.2) is 0 Å². The van der Waals surface area contributed by atoms with Gasteiger partial charge in [-0.1, -0.05) is 26.0 Å². The number of aromatic nitrogens is 2. The van der Waals surface area contributed by atoms with Gasteiger partial charge < -0.3 is 5.32 Å². The van der Waals surface area contributed by atoms with Gasteiger partial charge in [0.05, 0.1) is 5.69 Å². The van der Waals surface area contributed by atoms with Gasteiger partial charge in [-0.05, 0) is 26.3 Å². The second-order valence-electron chi connectivity index (χ2n) is 4.66. The molecule has 1 N–H and O–H groups in total. The Morgan fingerprint density at radius 2 is 2.06 bits per heavy atom. The molecule has 3 heteroatoms. The molecular weight excluding hydrogens is 198 g/mol. The second-order valence-corrected chi connectivity index (χ2v) is 4.66. The summed E-state index contributed by atoms with van der Waals surface area (Å²) < 4.78 is 1.93. The van der Waals surface area contributed by atoms with E-state index in [0.717, 1.165) is 18.8 Å². The maximum absolute atomic E-state index is 4.38. The second kappa shape index (κ2) is 5.85. The number of nitrogens with one attached hydrogen (secondary N) is 1. The SMILES string of the molecule is Cc1nn(C)c(C)c1C=CCNCC(C)C. The fraction of sp³-hybridized carbons (Fsp3) is 0.615. The Hall–Kier alpha value is -1.09. The van der Waals surface area contributed by atoms with Crippen LogP contribution >= 0.6 is 0 Å². The maximum Gasteiger partial charge on any atom is 0.0668 e. The van der Waals surface area contributed by atoms with Crippen LogP contribution in [-0.4, -0.2) is 22.9 Å². The Morgan fingerprint density at radius 3 is 2.56 bits per heavy atom. The summed E-state index contributed by atoms with van der Waals surface area (Å²) >= 11 is 0. The minimum absolute atomic E-state index is 0.704. The summed E-state index contributed by atoms with van der Waals surface area (Å²) in [5, 5.41) is 7.77. The molecule has 0 amide bonds. The molecule has 0 aliphatic rings. The summed E-state index contributed by atoms with van der Waals surface area (Å²) in [6.07, 6.45) is 4.32. The zero-order chi connectivity index (χ0) is 12.1. The van der Waals surface area contributed by atoms with Crippen molar-refractivity contribution in [3.8, 4) is 0 Å². The highest BCUT2D eigenvalue weighted by Crippen LogP contribution is 2.13. The van der Waals surface area contributed by atoms with E-state index in [2.05, 4.69) is 43.3 Å². The monoisotopic (exact) mass is 221 g/mol. The van der Waals surface area contributed by atoms with E-state index in [4.69, 9.17) is 0 Å². The first-order valence-corrected chi connectivity index (χ1v) is 5.89. The van der Waals surface area contributed by atoms with Crippen molar-refractivity contribution in [2.75, 3.05) is 13.1 Å². The third-order valence-electron chi connectivity index (χ3n) is 2.66. The summed E-state index contributed by atoms with van der Waals surface area (Å²) in [5.74, 6) is 0.704. The minimum Gasteiger partial charge on any atom is -0.313 e. The highest BCUT2D eigenvalue weighted by atomic mass is 15.3. The molecule has 1 rings (SSSR count). The molecule has 0 fully saturated rings. The molecule has 0 saturated heterocycles. The molecule has 0 radical (unpaired) electrons. The molecule has 0 aromatic carbocycles. The molecular formula is C13H23N3. The Kier molecular flexibility index (Phi) is 4.74. The number of hydrogen-bond donors (Lipinski definition) is 1. The summed E-state index contributed by atoms with van der Waals surface area (Å²) in [7, 11) is 1.98. The maximum atomic E-state index is 4.38. The van der Waals surface area contributed by atoms with Gasteiger partial charge in [-0.2, -0.15) is 5.10 Å². The minimum atomic E-state index is 0.704. The van der Waals surface area contributed by atoms with Crippen LogP contribution in [0.4, 0.5) is 0 Å².